The van der Waals surface area contributed by atoms with Gasteiger partial charge in [-0.2, -0.15) is 13.2 Å². The Kier molecular flexibility index (Phi) is 5.62. The third kappa shape index (κ3) is 4.28. The Morgan fingerprint density at radius 2 is 1.77 bits per heavy atom. The summed E-state index contributed by atoms with van der Waals surface area (Å²) in [7, 11) is 0. The number of carbonyl (C=O) groups excluding carboxylic acids is 1. The number of aliphatic imine (C=N–C) groups is 1. The SMILES string of the molecule is CC(C)(C)OC(=O)[C@@H](Cc1ccc(C(F)(F)F)cc1)N=C1C[C@H]2CC[C@]1(C)C2(C)C. The Morgan fingerprint density at radius 3 is 2.20 bits per heavy atom. The summed E-state index contributed by atoms with van der Waals surface area (Å²) in [5, 5.41) is 0. The molecule has 2 saturated carbocycles. The standard InChI is InChI=1S/C24H32F3NO2/c1-21(2,3)30-20(29)18(13-15-7-9-16(10-8-15)24(25,26)27)28-19-14-17-11-12-23(19,6)22(17,4)5/h7-10,17-18H,11-14H2,1-6H3/t17-,18-,23+/m1/s1. The highest BCUT2D eigenvalue weighted by Gasteiger charge is 2.60. The first-order chi connectivity index (χ1) is 13.6. The van der Waals surface area contributed by atoms with Gasteiger partial charge in [-0.05, 0) is 69.1 Å². The van der Waals surface area contributed by atoms with Crippen LogP contribution in [0.15, 0.2) is 29.3 Å². The van der Waals surface area contributed by atoms with Gasteiger partial charge in [0.1, 0.15) is 5.60 Å². The molecule has 0 unspecified atom stereocenters. The molecule has 3 atom stereocenters. The van der Waals surface area contributed by atoms with Gasteiger partial charge in [-0.1, -0.05) is 32.9 Å². The second kappa shape index (κ2) is 7.38. The van der Waals surface area contributed by atoms with E-state index in [9.17, 15) is 18.0 Å². The molecule has 30 heavy (non-hydrogen) atoms. The summed E-state index contributed by atoms with van der Waals surface area (Å²) in [4.78, 5) is 17.8. The average Bonchev–Trinajstić information content (AvgIpc) is 2.93. The van der Waals surface area contributed by atoms with Gasteiger partial charge in [-0.3, -0.25) is 4.99 Å². The fourth-order valence-electron chi connectivity index (χ4n) is 4.92. The third-order valence-corrected chi connectivity index (χ3v) is 7.21. The van der Waals surface area contributed by atoms with Crippen molar-refractivity contribution in [2.24, 2.45) is 21.7 Å². The zero-order valence-electron chi connectivity index (χ0n) is 18.7. The van der Waals surface area contributed by atoms with E-state index in [1.807, 2.05) is 0 Å². The van der Waals surface area contributed by atoms with E-state index in [0.717, 1.165) is 30.7 Å². The molecule has 2 aliphatic rings. The van der Waals surface area contributed by atoms with E-state index >= 15 is 0 Å². The van der Waals surface area contributed by atoms with Crippen LogP contribution in [-0.4, -0.2) is 23.3 Å². The molecule has 6 heteroatoms. The Balaban J connectivity index is 1.89. The van der Waals surface area contributed by atoms with Gasteiger partial charge < -0.3 is 4.74 Å². The van der Waals surface area contributed by atoms with Gasteiger partial charge in [0.15, 0.2) is 6.04 Å². The topological polar surface area (TPSA) is 38.7 Å². The molecule has 2 bridgehead atoms. The van der Waals surface area contributed by atoms with Crippen molar-refractivity contribution < 1.29 is 22.7 Å². The number of carbonyl (C=O) groups is 1. The van der Waals surface area contributed by atoms with E-state index in [4.69, 9.17) is 9.73 Å². The van der Waals surface area contributed by atoms with Crippen LogP contribution in [0.5, 0.6) is 0 Å². The van der Waals surface area contributed by atoms with Gasteiger partial charge >= 0.3 is 12.1 Å². The molecule has 0 saturated heterocycles. The second-order valence-corrected chi connectivity index (χ2v) is 10.5. The molecular formula is C24H32F3NO2. The van der Waals surface area contributed by atoms with Gasteiger partial charge in [-0.25, -0.2) is 4.79 Å². The summed E-state index contributed by atoms with van der Waals surface area (Å²) in [5.74, 6) is 0.116. The van der Waals surface area contributed by atoms with Gasteiger partial charge in [0.2, 0.25) is 0 Å². The van der Waals surface area contributed by atoms with Gasteiger partial charge in [0.25, 0.3) is 0 Å². The lowest BCUT2D eigenvalue weighted by Crippen LogP contribution is -2.36. The monoisotopic (exact) mass is 423 g/mol. The molecule has 0 N–H and O–H groups in total. The molecule has 166 valence electrons. The van der Waals surface area contributed by atoms with E-state index < -0.39 is 29.4 Å². The number of hydrogen-bond donors (Lipinski definition) is 0. The summed E-state index contributed by atoms with van der Waals surface area (Å²) < 4.78 is 44.2. The number of esters is 1. The van der Waals surface area contributed by atoms with E-state index in [0.29, 0.717) is 11.5 Å². The minimum Gasteiger partial charge on any atom is -0.458 e. The Morgan fingerprint density at radius 1 is 1.17 bits per heavy atom. The van der Waals surface area contributed by atoms with E-state index in [-0.39, 0.29) is 17.3 Å². The zero-order chi connectivity index (χ0) is 22.5. The molecule has 3 rings (SSSR count). The van der Waals surface area contributed by atoms with Gasteiger partial charge in [0, 0.05) is 17.5 Å². The molecule has 0 radical (unpaired) electrons. The number of ether oxygens (including phenoxy) is 1. The zero-order valence-corrected chi connectivity index (χ0v) is 18.7. The maximum Gasteiger partial charge on any atom is 0.416 e. The van der Waals surface area contributed by atoms with Crippen molar-refractivity contribution in [1.82, 2.24) is 0 Å². The van der Waals surface area contributed by atoms with E-state index in [1.54, 1.807) is 20.8 Å². The smallest absolute Gasteiger partial charge is 0.416 e. The van der Waals surface area contributed by atoms with E-state index in [2.05, 4.69) is 20.8 Å². The summed E-state index contributed by atoms with van der Waals surface area (Å²) in [6.45, 7) is 12.2. The predicted octanol–water partition coefficient (Wildman–Crippen LogP) is 6.25. The molecular weight excluding hydrogens is 391 g/mol. The first kappa shape index (κ1) is 22.8. The normalized spacial score (nSPS) is 28.0. The molecule has 0 amide bonds. The number of hydrogen-bond acceptors (Lipinski definition) is 3. The van der Waals surface area contributed by atoms with Crippen LogP contribution >= 0.6 is 0 Å². The Hall–Kier alpha value is -1.85. The predicted molar refractivity (Wildman–Crippen MR) is 111 cm³/mol. The molecule has 2 fully saturated rings. The van der Waals surface area contributed by atoms with Crippen molar-refractivity contribution in [1.29, 1.82) is 0 Å². The number of nitrogens with zero attached hydrogens (tertiary/aromatic N) is 1. The summed E-state index contributed by atoms with van der Waals surface area (Å²) >= 11 is 0. The second-order valence-electron chi connectivity index (χ2n) is 10.5. The minimum atomic E-state index is -4.38. The lowest BCUT2D eigenvalue weighted by Gasteiger charge is -2.35. The minimum absolute atomic E-state index is 0.0575. The highest BCUT2D eigenvalue weighted by atomic mass is 19.4. The van der Waals surface area contributed by atoms with Crippen LogP contribution in [0.4, 0.5) is 13.2 Å². The first-order valence-electron chi connectivity index (χ1n) is 10.6. The third-order valence-electron chi connectivity index (χ3n) is 7.21. The van der Waals surface area contributed by atoms with Crippen molar-refractivity contribution in [3.8, 4) is 0 Å². The lowest BCUT2D eigenvalue weighted by atomic mass is 9.70. The number of rotatable bonds is 4. The number of fused-ring (bicyclic) bond motifs is 2. The maximum atomic E-state index is 12.9. The van der Waals surface area contributed by atoms with Crippen molar-refractivity contribution >= 4 is 11.7 Å². The molecule has 1 aromatic carbocycles. The maximum absolute atomic E-state index is 12.9. The summed E-state index contributed by atoms with van der Waals surface area (Å²) in [6.07, 6.45) is -1.08. The molecule has 0 heterocycles. The van der Waals surface area contributed by atoms with Crippen LogP contribution in [0.25, 0.3) is 0 Å². The molecule has 1 aromatic rings. The molecule has 0 aliphatic heterocycles. The van der Waals surface area contributed by atoms with Crippen molar-refractivity contribution in [3.05, 3.63) is 35.4 Å². The quantitative estimate of drug-likeness (QED) is 0.537. The van der Waals surface area contributed by atoms with Crippen LogP contribution in [0.3, 0.4) is 0 Å². The van der Waals surface area contributed by atoms with Crippen molar-refractivity contribution in [2.75, 3.05) is 0 Å². The van der Waals surface area contributed by atoms with Crippen LogP contribution in [-0.2, 0) is 22.1 Å². The fourth-order valence-corrected chi connectivity index (χ4v) is 4.92. The molecule has 0 aromatic heterocycles. The number of benzene rings is 1. The summed E-state index contributed by atoms with van der Waals surface area (Å²) in [6, 6.07) is 4.19. The Bertz CT molecular complexity index is 833. The largest absolute Gasteiger partial charge is 0.458 e. The van der Waals surface area contributed by atoms with Gasteiger partial charge in [-0.15, -0.1) is 0 Å². The molecule has 2 aliphatic carbocycles. The highest BCUT2D eigenvalue weighted by molar-refractivity contribution is 5.96. The van der Waals surface area contributed by atoms with Crippen LogP contribution < -0.4 is 0 Å². The van der Waals surface area contributed by atoms with Crippen LogP contribution in [0, 0.1) is 16.7 Å². The van der Waals surface area contributed by atoms with Gasteiger partial charge in [0.05, 0.1) is 5.56 Å². The average molecular weight is 424 g/mol. The first-order valence-corrected chi connectivity index (χ1v) is 10.6. The van der Waals surface area contributed by atoms with E-state index in [1.165, 1.54) is 18.6 Å². The number of halogens is 3. The van der Waals surface area contributed by atoms with Crippen molar-refractivity contribution in [2.45, 2.75) is 85.0 Å². The summed E-state index contributed by atoms with van der Waals surface area (Å²) in [5.41, 5.74) is 0.389. The Labute approximate surface area is 177 Å². The lowest BCUT2D eigenvalue weighted by molar-refractivity contribution is -0.156. The van der Waals surface area contributed by atoms with Crippen LogP contribution in [0.2, 0.25) is 0 Å². The number of alkyl halides is 3. The highest BCUT2D eigenvalue weighted by Crippen LogP contribution is 2.64. The molecule has 0 spiro atoms. The van der Waals surface area contributed by atoms with Crippen LogP contribution in [0.1, 0.15) is 71.9 Å². The fraction of sp³-hybridized carbons (Fsp3) is 0.667. The molecule has 3 nitrogen and oxygen atoms in total. The van der Waals surface area contributed by atoms with Crippen molar-refractivity contribution in [3.63, 3.8) is 0 Å².